The maximum absolute atomic E-state index is 12.4. The number of aromatic nitrogens is 2. The van der Waals surface area contributed by atoms with Crippen LogP contribution in [0.1, 0.15) is 49.6 Å². The van der Waals surface area contributed by atoms with Gasteiger partial charge in [-0.05, 0) is 18.1 Å². The number of carbonyl (C=O) groups excluding carboxylic acids is 1. The number of hydrogen-bond donors (Lipinski definition) is 0. The number of hydrogen-bond acceptors (Lipinski definition) is 6. The van der Waals surface area contributed by atoms with E-state index >= 15 is 0 Å². The Labute approximate surface area is 134 Å². The number of nitrogens with zero attached hydrogens (tertiary/aromatic N) is 3. The van der Waals surface area contributed by atoms with Gasteiger partial charge in [0.25, 0.3) is 0 Å². The number of morpholine rings is 1. The first-order chi connectivity index (χ1) is 11.1. The molecule has 1 amide bonds. The lowest BCUT2D eigenvalue weighted by molar-refractivity contribution is -0.139. The first kappa shape index (κ1) is 15.7. The van der Waals surface area contributed by atoms with Crippen LogP contribution in [-0.4, -0.2) is 40.7 Å². The Morgan fingerprint density at radius 2 is 2.30 bits per heavy atom. The van der Waals surface area contributed by atoms with Crippen LogP contribution in [0.3, 0.4) is 0 Å². The Bertz CT molecular complexity index is 636. The van der Waals surface area contributed by atoms with Crippen molar-refractivity contribution in [3.63, 3.8) is 0 Å². The fourth-order valence-electron chi connectivity index (χ4n) is 2.48. The summed E-state index contributed by atoms with van der Waals surface area (Å²) in [6.07, 6.45) is 4.07. The molecule has 3 heterocycles. The van der Waals surface area contributed by atoms with Crippen molar-refractivity contribution >= 4 is 5.91 Å². The van der Waals surface area contributed by atoms with Crippen molar-refractivity contribution < 1.29 is 18.4 Å². The Kier molecular flexibility index (Phi) is 4.76. The monoisotopic (exact) mass is 319 g/mol. The molecule has 1 saturated heterocycles. The fourth-order valence-corrected chi connectivity index (χ4v) is 2.48. The van der Waals surface area contributed by atoms with Crippen LogP contribution in [-0.2, 0) is 16.0 Å². The zero-order chi connectivity index (χ0) is 16.2. The summed E-state index contributed by atoms with van der Waals surface area (Å²) in [4.78, 5) is 14.2. The largest absolute Gasteiger partial charge is 0.472 e. The van der Waals surface area contributed by atoms with E-state index in [1.165, 1.54) is 0 Å². The topological polar surface area (TPSA) is 81.6 Å². The molecule has 1 atom stereocenters. The molecule has 2 aromatic rings. The predicted molar refractivity (Wildman–Crippen MR) is 80.7 cm³/mol. The second kappa shape index (κ2) is 6.95. The summed E-state index contributed by atoms with van der Waals surface area (Å²) in [6.45, 7) is 5.49. The molecule has 2 aromatic heterocycles. The van der Waals surface area contributed by atoms with Crippen molar-refractivity contribution in [3.05, 3.63) is 35.9 Å². The average Bonchev–Trinajstić information content (AvgIpc) is 3.24. The lowest BCUT2D eigenvalue weighted by atomic mass is 10.1. The van der Waals surface area contributed by atoms with Crippen molar-refractivity contribution in [1.82, 2.24) is 15.1 Å². The number of rotatable bonds is 5. The molecule has 0 unspecified atom stereocenters. The quantitative estimate of drug-likeness (QED) is 0.841. The smallest absolute Gasteiger partial charge is 0.247 e. The lowest BCUT2D eigenvalue weighted by Gasteiger charge is -2.31. The Morgan fingerprint density at radius 1 is 1.43 bits per heavy atom. The highest BCUT2D eigenvalue weighted by molar-refractivity contribution is 5.76. The van der Waals surface area contributed by atoms with E-state index in [2.05, 4.69) is 10.2 Å². The molecule has 0 radical (unpaired) electrons. The van der Waals surface area contributed by atoms with Crippen LogP contribution in [0.15, 0.2) is 27.4 Å². The van der Waals surface area contributed by atoms with Crippen molar-refractivity contribution in [2.45, 2.75) is 38.7 Å². The zero-order valence-electron chi connectivity index (χ0n) is 13.4. The first-order valence-electron chi connectivity index (χ1n) is 7.87. The molecule has 1 aliphatic rings. The van der Waals surface area contributed by atoms with E-state index in [1.54, 1.807) is 17.4 Å². The molecule has 1 aliphatic heterocycles. The van der Waals surface area contributed by atoms with Gasteiger partial charge in [-0.3, -0.25) is 4.79 Å². The van der Waals surface area contributed by atoms with Gasteiger partial charge in [0, 0.05) is 18.9 Å². The van der Waals surface area contributed by atoms with E-state index in [0.717, 1.165) is 5.56 Å². The van der Waals surface area contributed by atoms with Crippen LogP contribution in [0.2, 0.25) is 0 Å². The number of aryl methyl sites for hydroxylation is 1. The molecule has 0 aromatic carbocycles. The lowest BCUT2D eigenvalue weighted by Crippen LogP contribution is -2.42. The van der Waals surface area contributed by atoms with E-state index < -0.39 is 0 Å². The third-order valence-electron chi connectivity index (χ3n) is 3.85. The van der Waals surface area contributed by atoms with Gasteiger partial charge in [-0.25, -0.2) is 0 Å². The minimum Gasteiger partial charge on any atom is -0.472 e. The summed E-state index contributed by atoms with van der Waals surface area (Å²) in [5.41, 5.74) is 1.03. The second-order valence-electron chi connectivity index (χ2n) is 5.96. The molecular formula is C16H21N3O4. The molecule has 7 nitrogen and oxygen atoms in total. The van der Waals surface area contributed by atoms with Crippen LogP contribution in [0, 0.1) is 0 Å². The summed E-state index contributed by atoms with van der Waals surface area (Å²) < 4.78 is 16.3. The fraction of sp³-hybridized carbons (Fsp3) is 0.562. The van der Waals surface area contributed by atoms with Crippen molar-refractivity contribution in [1.29, 1.82) is 0 Å². The highest BCUT2D eigenvalue weighted by Crippen LogP contribution is 2.23. The summed E-state index contributed by atoms with van der Waals surface area (Å²) in [6, 6.07) is 1.88. The third-order valence-corrected chi connectivity index (χ3v) is 3.85. The maximum Gasteiger partial charge on any atom is 0.247 e. The molecule has 23 heavy (non-hydrogen) atoms. The first-order valence-corrected chi connectivity index (χ1v) is 7.87. The van der Waals surface area contributed by atoms with Crippen LogP contribution in [0.4, 0.5) is 0 Å². The van der Waals surface area contributed by atoms with E-state index in [4.69, 9.17) is 13.6 Å². The van der Waals surface area contributed by atoms with Crippen molar-refractivity contribution in [2.24, 2.45) is 0 Å². The summed E-state index contributed by atoms with van der Waals surface area (Å²) >= 11 is 0. The minimum atomic E-state index is -0.346. The van der Waals surface area contributed by atoms with Gasteiger partial charge in [0.1, 0.15) is 0 Å². The van der Waals surface area contributed by atoms with Crippen LogP contribution >= 0.6 is 0 Å². The highest BCUT2D eigenvalue weighted by Gasteiger charge is 2.29. The second-order valence-corrected chi connectivity index (χ2v) is 5.96. The Balaban J connectivity index is 1.57. The van der Waals surface area contributed by atoms with Gasteiger partial charge >= 0.3 is 0 Å². The SMILES string of the molecule is CC(C)c1nnc([C@H]2CN(C(=O)CCc3ccoc3)CCO2)o1. The molecule has 1 fully saturated rings. The van der Waals surface area contributed by atoms with Crippen molar-refractivity contribution in [2.75, 3.05) is 19.7 Å². The van der Waals surface area contributed by atoms with Gasteiger partial charge in [0.05, 0.1) is 25.7 Å². The highest BCUT2D eigenvalue weighted by atomic mass is 16.5. The van der Waals surface area contributed by atoms with Gasteiger partial charge < -0.3 is 18.5 Å². The van der Waals surface area contributed by atoms with Gasteiger partial charge in [-0.1, -0.05) is 13.8 Å². The molecule has 3 rings (SSSR count). The Morgan fingerprint density at radius 3 is 3.00 bits per heavy atom. The molecule has 0 N–H and O–H groups in total. The normalized spacial score (nSPS) is 18.6. The van der Waals surface area contributed by atoms with Crippen LogP contribution in [0.5, 0.6) is 0 Å². The Hall–Kier alpha value is -2.15. The predicted octanol–water partition coefficient (Wildman–Crippen LogP) is 2.32. The summed E-state index contributed by atoms with van der Waals surface area (Å²) in [7, 11) is 0. The number of furan rings is 1. The number of ether oxygens (including phenoxy) is 1. The van der Waals surface area contributed by atoms with Crippen molar-refractivity contribution in [3.8, 4) is 0 Å². The minimum absolute atomic E-state index is 0.100. The molecular weight excluding hydrogens is 298 g/mol. The van der Waals surface area contributed by atoms with Gasteiger partial charge in [-0.2, -0.15) is 0 Å². The number of amides is 1. The van der Waals surface area contributed by atoms with Gasteiger partial charge in [0.2, 0.25) is 17.7 Å². The molecule has 7 heteroatoms. The molecule has 124 valence electrons. The maximum atomic E-state index is 12.4. The number of carbonyl (C=O) groups is 1. The standard InChI is InChI=1S/C16H21N3O4/c1-11(2)15-17-18-16(23-15)13-9-19(6-8-22-13)14(20)4-3-12-5-7-21-10-12/h5,7,10-11,13H,3-4,6,8-9H2,1-2H3/t13-/m1/s1. The van der Waals surface area contributed by atoms with Gasteiger partial charge in [-0.15, -0.1) is 10.2 Å². The van der Waals surface area contributed by atoms with E-state index in [-0.39, 0.29) is 17.9 Å². The summed E-state index contributed by atoms with van der Waals surface area (Å²) in [5.74, 6) is 1.31. The van der Waals surface area contributed by atoms with Crippen LogP contribution in [0.25, 0.3) is 0 Å². The molecule has 0 bridgehead atoms. The molecule has 0 aliphatic carbocycles. The van der Waals surface area contributed by atoms with E-state index in [9.17, 15) is 4.79 Å². The van der Waals surface area contributed by atoms with Crippen LogP contribution < -0.4 is 0 Å². The average molecular weight is 319 g/mol. The molecule has 0 spiro atoms. The van der Waals surface area contributed by atoms with E-state index in [0.29, 0.717) is 44.3 Å². The molecule has 0 saturated carbocycles. The zero-order valence-corrected chi connectivity index (χ0v) is 13.4. The van der Waals surface area contributed by atoms with Gasteiger partial charge in [0.15, 0.2) is 6.10 Å². The third kappa shape index (κ3) is 3.79. The summed E-state index contributed by atoms with van der Waals surface area (Å²) in [5, 5.41) is 8.07. The van der Waals surface area contributed by atoms with E-state index in [1.807, 2.05) is 19.9 Å².